The number of hydrogen-bond acceptors (Lipinski definition) is 16. The van der Waals surface area contributed by atoms with E-state index in [-0.39, 0.29) is 25.4 Å². The van der Waals surface area contributed by atoms with Crippen molar-refractivity contribution < 1.29 is 72.0 Å². The van der Waals surface area contributed by atoms with Crippen LogP contribution in [0.1, 0.15) is 94.9 Å². The van der Waals surface area contributed by atoms with E-state index in [0.29, 0.717) is 6.42 Å². The van der Waals surface area contributed by atoms with Gasteiger partial charge in [-0.2, -0.15) is 0 Å². The smallest absolute Gasteiger partial charge is 0.458 e. The first-order chi connectivity index (χ1) is 24.7. The van der Waals surface area contributed by atoms with Gasteiger partial charge in [-0.05, 0) is 66.7 Å². The molecule has 2 bridgehead atoms. The number of carbonyl (C=O) groups is 3. The zero-order valence-corrected chi connectivity index (χ0v) is 32.8. The fraction of sp³-hybridized carbons (Fsp3) is 0.919. The second kappa shape index (κ2) is 15.7. The van der Waals surface area contributed by atoms with Crippen molar-refractivity contribution in [2.75, 3.05) is 7.11 Å². The van der Waals surface area contributed by atoms with E-state index in [1.54, 1.807) is 55.4 Å². The molecule has 304 valence electrons. The number of rotatable bonds is 6. The van der Waals surface area contributed by atoms with E-state index in [1.165, 1.54) is 7.11 Å². The van der Waals surface area contributed by atoms with Gasteiger partial charge in [0.1, 0.15) is 36.1 Å². The maximum absolute atomic E-state index is 14.4. The Labute approximate surface area is 311 Å². The molecule has 16 heteroatoms. The van der Waals surface area contributed by atoms with Gasteiger partial charge in [0.15, 0.2) is 24.3 Å². The maximum atomic E-state index is 14.4. The number of cyclic esters (lactones) is 1. The Morgan fingerprint density at radius 1 is 0.868 bits per heavy atom. The third-order valence-corrected chi connectivity index (χ3v) is 12.4. The molecule has 0 aliphatic carbocycles. The molecular weight excluding hydrogens is 698 g/mol. The first-order valence-electron chi connectivity index (χ1n) is 19.0. The SMILES string of the molecule is CC[C@H]1OC(=O)[C@H](C)[C@@H](O[C@H]2C[C@@](C)(OC)[C@@H](O)[C@H](C)O2)[C@H](C)[C@@H](O[C@@H]2O[C@H](C)C[C@H](N)[C@H]2O)[C@@]2(C)C[C@@H](C)[C@H](OC(=O)O2)[C@H](C)[C@H]2OC(=O)O[C@@]21C. The molecule has 5 aliphatic heterocycles. The highest BCUT2D eigenvalue weighted by atomic mass is 16.8. The number of fused-ring (bicyclic) bond motifs is 4. The first-order valence-corrected chi connectivity index (χ1v) is 19.0. The molecular formula is C37H61NO15. The summed E-state index contributed by atoms with van der Waals surface area (Å²) in [6.45, 7) is 17.5. The molecule has 0 aromatic rings. The highest BCUT2D eigenvalue weighted by molar-refractivity contribution is 5.73. The summed E-state index contributed by atoms with van der Waals surface area (Å²) in [6, 6.07) is -0.664. The van der Waals surface area contributed by atoms with Crippen molar-refractivity contribution in [2.45, 2.75) is 185 Å². The van der Waals surface area contributed by atoms with Crippen molar-refractivity contribution in [3.05, 3.63) is 0 Å². The quantitative estimate of drug-likeness (QED) is 0.262. The van der Waals surface area contributed by atoms with Gasteiger partial charge >= 0.3 is 18.3 Å². The van der Waals surface area contributed by atoms with E-state index in [0.717, 1.165) is 0 Å². The van der Waals surface area contributed by atoms with Crippen LogP contribution in [0.2, 0.25) is 0 Å². The minimum absolute atomic E-state index is 0.101. The van der Waals surface area contributed by atoms with Crippen LogP contribution in [0.15, 0.2) is 0 Å². The molecule has 0 saturated carbocycles. The average Bonchev–Trinajstić information content (AvgIpc) is 3.34. The van der Waals surface area contributed by atoms with Crippen LogP contribution in [0.4, 0.5) is 9.59 Å². The van der Waals surface area contributed by atoms with E-state index < -0.39 is 126 Å². The summed E-state index contributed by atoms with van der Waals surface area (Å²) in [5, 5.41) is 22.2. The van der Waals surface area contributed by atoms with Crippen LogP contribution in [-0.4, -0.2) is 126 Å². The number of aliphatic hydroxyl groups excluding tert-OH is 2. The predicted octanol–water partition coefficient (Wildman–Crippen LogP) is 3.34. The van der Waals surface area contributed by atoms with Crippen LogP contribution >= 0.6 is 0 Å². The summed E-state index contributed by atoms with van der Waals surface area (Å²) in [5.74, 6) is -3.54. The van der Waals surface area contributed by atoms with Gasteiger partial charge in [-0.25, -0.2) is 9.59 Å². The number of methoxy groups -OCH3 is 1. The van der Waals surface area contributed by atoms with Gasteiger partial charge in [0.25, 0.3) is 0 Å². The number of aliphatic hydroxyl groups is 2. The number of carbonyl (C=O) groups excluding carboxylic acids is 3. The summed E-state index contributed by atoms with van der Waals surface area (Å²) >= 11 is 0. The minimum atomic E-state index is -1.47. The van der Waals surface area contributed by atoms with Gasteiger partial charge in [0.05, 0.1) is 29.8 Å². The summed E-state index contributed by atoms with van der Waals surface area (Å²) in [7, 11) is 1.49. The van der Waals surface area contributed by atoms with E-state index in [2.05, 4.69) is 0 Å². The monoisotopic (exact) mass is 759 g/mol. The average molecular weight is 760 g/mol. The van der Waals surface area contributed by atoms with Crippen LogP contribution < -0.4 is 5.73 Å². The van der Waals surface area contributed by atoms with Crippen molar-refractivity contribution >= 4 is 18.3 Å². The molecule has 0 aromatic heterocycles. The Morgan fingerprint density at radius 2 is 1.53 bits per heavy atom. The van der Waals surface area contributed by atoms with Gasteiger partial charge in [-0.15, -0.1) is 0 Å². The Hall–Kier alpha value is -2.31. The normalized spacial score (nSPS) is 51.1. The standard InChI is InChI=1S/C37H61NO15/c1-12-23-37(10)30(51-34(43)53-37)18(4)26-16(2)14-36(9,52-33(42)49-26)29(50-32-25(39)22(38)13-17(3)45-32)19(5)27(20(6)31(41)47-23)48-24-15-35(8,44-11)28(40)21(7)46-24/h16-30,32,39-40H,12-15,38H2,1-11H3/t16-,17-,18+,19+,20-,21+,22+,23-,24+,25-,26+,27+,28+,29-,30-,32+,35-,36-,37-/m1/s1. The van der Waals surface area contributed by atoms with Crippen molar-refractivity contribution in [1.29, 1.82) is 0 Å². The van der Waals surface area contributed by atoms with Crippen molar-refractivity contribution in [3.8, 4) is 0 Å². The first kappa shape index (κ1) is 41.8. The highest BCUT2D eigenvalue weighted by Gasteiger charge is 2.61. The maximum Gasteiger partial charge on any atom is 0.509 e. The van der Waals surface area contributed by atoms with E-state index in [1.807, 2.05) is 13.8 Å². The molecule has 5 saturated heterocycles. The van der Waals surface area contributed by atoms with Crippen LogP contribution in [0.5, 0.6) is 0 Å². The van der Waals surface area contributed by atoms with Crippen molar-refractivity contribution in [2.24, 2.45) is 29.4 Å². The Bertz CT molecular complexity index is 1340. The summed E-state index contributed by atoms with van der Waals surface area (Å²) in [6.07, 6.45) is -11.4. The largest absolute Gasteiger partial charge is 0.509 e. The Kier molecular flexibility index (Phi) is 12.4. The van der Waals surface area contributed by atoms with Crippen molar-refractivity contribution in [3.63, 3.8) is 0 Å². The summed E-state index contributed by atoms with van der Waals surface area (Å²) in [4.78, 5) is 40.9. The number of nitrogens with two attached hydrogens (primary N) is 1. The molecule has 5 heterocycles. The molecule has 5 fully saturated rings. The van der Waals surface area contributed by atoms with Gasteiger partial charge < -0.3 is 63.3 Å². The number of esters is 1. The Balaban J connectivity index is 1.64. The number of ether oxygens (including phenoxy) is 10. The molecule has 19 atom stereocenters. The lowest BCUT2D eigenvalue weighted by atomic mass is 9.73. The van der Waals surface area contributed by atoms with Gasteiger partial charge in [-0.1, -0.05) is 27.7 Å². The fourth-order valence-electron chi connectivity index (χ4n) is 9.37. The molecule has 0 aromatic carbocycles. The molecule has 4 N–H and O–H groups in total. The molecule has 5 aliphatic rings. The predicted molar refractivity (Wildman–Crippen MR) is 184 cm³/mol. The third kappa shape index (κ3) is 8.02. The van der Waals surface area contributed by atoms with Crippen LogP contribution in [-0.2, 0) is 52.2 Å². The minimum Gasteiger partial charge on any atom is -0.458 e. The van der Waals surface area contributed by atoms with Crippen LogP contribution in [0.25, 0.3) is 0 Å². The van der Waals surface area contributed by atoms with Crippen LogP contribution in [0, 0.1) is 23.7 Å². The number of hydrogen-bond donors (Lipinski definition) is 3. The lowest BCUT2D eigenvalue weighted by Crippen LogP contribution is -2.61. The van der Waals surface area contributed by atoms with Crippen molar-refractivity contribution in [1.82, 2.24) is 0 Å². The second-order valence-corrected chi connectivity index (χ2v) is 16.6. The van der Waals surface area contributed by atoms with Gasteiger partial charge in [0.2, 0.25) is 0 Å². The van der Waals surface area contributed by atoms with E-state index >= 15 is 0 Å². The van der Waals surface area contributed by atoms with E-state index in [4.69, 9.17) is 53.1 Å². The topological polar surface area (TPSA) is 210 Å². The Morgan fingerprint density at radius 3 is 2.17 bits per heavy atom. The molecule has 0 unspecified atom stereocenters. The second-order valence-electron chi connectivity index (χ2n) is 16.6. The zero-order chi connectivity index (χ0) is 39.4. The summed E-state index contributed by atoms with van der Waals surface area (Å²) < 4.78 is 61.3. The van der Waals surface area contributed by atoms with Gasteiger partial charge in [-0.3, -0.25) is 4.79 Å². The highest BCUT2D eigenvalue weighted by Crippen LogP contribution is 2.46. The molecule has 0 spiro atoms. The third-order valence-electron chi connectivity index (χ3n) is 12.4. The molecule has 5 rings (SSSR count). The zero-order valence-electron chi connectivity index (χ0n) is 32.8. The molecule has 53 heavy (non-hydrogen) atoms. The van der Waals surface area contributed by atoms with E-state index in [9.17, 15) is 24.6 Å². The lowest BCUT2D eigenvalue weighted by Gasteiger charge is -2.48. The van der Waals surface area contributed by atoms with Gasteiger partial charge in [0, 0.05) is 31.4 Å². The lowest BCUT2D eigenvalue weighted by molar-refractivity contribution is -0.315. The van der Waals surface area contributed by atoms with Crippen LogP contribution in [0.3, 0.4) is 0 Å². The molecule has 16 nitrogen and oxygen atoms in total. The molecule has 0 amide bonds. The molecule has 0 radical (unpaired) electrons. The summed E-state index contributed by atoms with van der Waals surface area (Å²) in [5.41, 5.74) is 2.35. The fourth-order valence-corrected chi connectivity index (χ4v) is 9.37.